The zero-order valence-corrected chi connectivity index (χ0v) is 7.81. The quantitative estimate of drug-likeness (QED) is 0.693. The highest BCUT2D eigenvalue weighted by Crippen LogP contribution is 2.06. The summed E-state index contributed by atoms with van der Waals surface area (Å²) in [6, 6.07) is 1.98. The van der Waals surface area contributed by atoms with E-state index < -0.39 is 0 Å². The summed E-state index contributed by atoms with van der Waals surface area (Å²) in [6.07, 6.45) is 4.40. The summed E-state index contributed by atoms with van der Waals surface area (Å²) in [7, 11) is 0. The van der Waals surface area contributed by atoms with E-state index in [0.717, 1.165) is 17.8 Å². The summed E-state index contributed by atoms with van der Waals surface area (Å²) >= 11 is 0. The molecule has 0 aromatic carbocycles. The summed E-state index contributed by atoms with van der Waals surface area (Å²) in [5, 5.41) is 7.75. The van der Waals surface area contributed by atoms with Crippen molar-refractivity contribution in [3.63, 3.8) is 0 Å². The Kier molecular flexibility index (Phi) is 1.96. The number of fused-ring (bicyclic) bond motifs is 1. The fourth-order valence-electron chi connectivity index (χ4n) is 1.30. The largest absolute Gasteiger partial charge is 0.272 e. The summed E-state index contributed by atoms with van der Waals surface area (Å²) in [4.78, 5) is 4.30. The Balaban J connectivity index is 2.37. The van der Waals surface area contributed by atoms with Crippen LogP contribution >= 0.6 is 0 Å². The molecule has 68 valence electrons. The predicted molar refractivity (Wildman–Crippen MR) is 49.3 cm³/mol. The van der Waals surface area contributed by atoms with Gasteiger partial charge in [0.15, 0.2) is 5.65 Å². The zero-order chi connectivity index (χ0) is 9.26. The minimum Gasteiger partial charge on any atom is -0.272 e. The average Bonchev–Trinajstić information content (AvgIpc) is 2.49. The fraction of sp³-hybridized carbons (Fsp3) is 0.444. The third kappa shape index (κ3) is 1.66. The molecule has 2 rings (SSSR count). The van der Waals surface area contributed by atoms with Crippen molar-refractivity contribution in [3.8, 4) is 0 Å². The van der Waals surface area contributed by atoms with E-state index in [1.807, 2.05) is 10.5 Å². The van der Waals surface area contributed by atoms with Crippen LogP contribution in [0.2, 0.25) is 0 Å². The van der Waals surface area contributed by atoms with Crippen molar-refractivity contribution in [2.75, 3.05) is 0 Å². The Morgan fingerprint density at radius 3 is 3.00 bits per heavy atom. The Bertz CT molecular complexity index is 405. The van der Waals surface area contributed by atoms with Gasteiger partial charge in [-0.15, -0.1) is 10.2 Å². The first kappa shape index (κ1) is 8.16. The summed E-state index contributed by atoms with van der Waals surface area (Å²) < 4.78 is 1.81. The third-order valence-electron chi connectivity index (χ3n) is 1.86. The van der Waals surface area contributed by atoms with Gasteiger partial charge in [0.2, 0.25) is 0 Å². The van der Waals surface area contributed by atoms with E-state index in [0.29, 0.717) is 5.92 Å². The highest BCUT2D eigenvalue weighted by atomic mass is 15.2. The molecule has 0 aliphatic heterocycles. The molecule has 0 saturated heterocycles. The maximum atomic E-state index is 4.30. The third-order valence-corrected chi connectivity index (χ3v) is 1.86. The van der Waals surface area contributed by atoms with Gasteiger partial charge in [0.05, 0.1) is 0 Å². The maximum Gasteiger partial charge on any atom is 0.163 e. The Labute approximate surface area is 76.6 Å². The molecular formula is C9H12N4. The van der Waals surface area contributed by atoms with Crippen molar-refractivity contribution in [1.29, 1.82) is 0 Å². The lowest BCUT2D eigenvalue weighted by molar-refractivity contribution is 0.634. The molecule has 0 unspecified atom stereocenters. The molecule has 0 fully saturated rings. The molecule has 0 spiro atoms. The minimum absolute atomic E-state index is 0.623. The molecule has 0 aliphatic rings. The molecule has 0 saturated carbocycles. The van der Waals surface area contributed by atoms with Crippen LogP contribution in [0.1, 0.15) is 19.5 Å². The minimum atomic E-state index is 0.623. The molecular weight excluding hydrogens is 164 g/mol. The molecule has 0 radical (unpaired) electrons. The van der Waals surface area contributed by atoms with E-state index in [2.05, 4.69) is 29.0 Å². The van der Waals surface area contributed by atoms with Gasteiger partial charge in [-0.1, -0.05) is 13.8 Å². The highest BCUT2D eigenvalue weighted by Gasteiger charge is 2.01. The molecule has 2 aromatic rings. The van der Waals surface area contributed by atoms with Crippen LogP contribution in [0.15, 0.2) is 18.7 Å². The standard InChI is InChI=1S/C9H12N4/c1-7(2)3-8-4-9-12-11-6-13(9)5-10-8/h4-7H,3H2,1-2H3. The molecule has 4 heteroatoms. The van der Waals surface area contributed by atoms with Crippen molar-refractivity contribution in [1.82, 2.24) is 19.6 Å². The first-order valence-corrected chi connectivity index (χ1v) is 4.40. The Hall–Kier alpha value is -1.45. The summed E-state index contributed by atoms with van der Waals surface area (Å²) in [5.74, 6) is 0.623. The van der Waals surface area contributed by atoms with Crippen LogP contribution in [0.3, 0.4) is 0 Å². The van der Waals surface area contributed by atoms with E-state index in [1.54, 1.807) is 12.7 Å². The summed E-state index contributed by atoms with van der Waals surface area (Å²) in [5.41, 5.74) is 1.95. The molecule has 0 aliphatic carbocycles. The smallest absolute Gasteiger partial charge is 0.163 e. The van der Waals surface area contributed by atoms with Crippen LogP contribution in [-0.4, -0.2) is 19.6 Å². The molecule has 4 nitrogen and oxygen atoms in total. The van der Waals surface area contributed by atoms with E-state index in [-0.39, 0.29) is 0 Å². The van der Waals surface area contributed by atoms with Crippen LogP contribution in [-0.2, 0) is 6.42 Å². The lowest BCUT2D eigenvalue weighted by atomic mass is 10.1. The molecule has 2 heterocycles. The lowest BCUT2D eigenvalue weighted by Crippen LogP contribution is -1.98. The first-order chi connectivity index (χ1) is 6.25. The van der Waals surface area contributed by atoms with Gasteiger partial charge in [-0.25, -0.2) is 4.98 Å². The van der Waals surface area contributed by atoms with Crippen molar-refractivity contribution in [2.24, 2.45) is 5.92 Å². The molecule has 0 amide bonds. The van der Waals surface area contributed by atoms with Crippen molar-refractivity contribution >= 4 is 5.65 Å². The maximum absolute atomic E-state index is 4.30. The van der Waals surface area contributed by atoms with Crippen molar-refractivity contribution in [3.05, 3.63) is 24.4 Å². The van der Waals surface area contributed by atoms with Crippen LogP contribution in [0.25, 0.3) is 5.65 Å². The Morgan fingerprint density at radius 1 is 1.38 bits per heavy atom. The van der Waals surface area contributed by atoms with Gasteiger partial charge in [-0.2, -0.15) is 0 Å². The van der Waals surface area contributed by atoms with Crippen LogP contribution in [0, 0.1) is 5.92 Å². The molecule has 2 aromatic heterocycles. The van der Waals surface area contributed by atoms with Crippen LogP contribution in [0.5, 0.6) is 0 Å². The second-order valence-corrected chi connectivity index (χ2v) is 3.57. The van der Waals surface area contributed by atoms with Crippen molar-refractivity contribution in [2.45, 2.75) is 20.3 Å². The van der Waals surface area contributed by atoms with Gasteiger partial charge >= 0.3 is 0 Å². The highest BCUT2D eigenvalue weighted by molar-refractivity contribution is 5.36. The second-order valence-electron chi connectivity index (χ2n) is 3.57. The fourth-order valence-corrected chi connectivity index (χ4v) is 1.30. The van der Waals surface area contributed by atoms with E-state index in [4.69, 9.17) is 0 Å². The van der Waals surface area contributed by atoms with Gasteiger partial charge in [-0.3, -0.25) is 4.40 Å². The number of aromatic nitrogens is 4. The monoisotopic (exact) mass is 176 g/mol. The number of hydrogen-bond donors (Lipinski definition) is 0. The number of rotatable bonds is 2. The number of hydrogen-bond acceptors (Lipinski definition) is 3. The number of nitrogens with zero attached hydrogens (tertiary/aromatic N) is 4. The van der Waals surface area contributed by atoms with E-state index in [9.17, 15) is 0 Å². The van der Waals surface area contributed by atoms with Gasteiger partial charge in [0.1, 0.15) is 12.7 Å². The topological polar surface area (TPSA) is 43.1 Å². The first-order valence-electron chi connectivity index (χ1n) is 4.40. The van der Waals surface area contributed by atoms with Crippen molar-refractivity contribution < 1.29 is 0 Å². The average molecular weight is 176 g/mol. The molecule has 0 N–H and O–H groups in total. The van der Waals surface area contributed by atoms with E-state index >= 15 is 0 Å². The lowest BCUT2D eigenvalue weighted by Gasteiger charge is -2.02. The van der Waals surface area contributed by atoms with Gasteiger partial charge in [-0.05, 0) is 12.3 Å². The van der Waals surface area contributed by atoms with Crippen LogP contribution in [0.4, 0.5) is 0 Å². The summed E-state index contributed by atoms with van der Waals surface area (Å²) in [6.45, 7) is 4.35. The van der Waals surface area contributed by atoms with Gasteiger partial charge in [0, 0.05) is 11.8 Å². The second kappa shape index (κ2) is 3.12. The Morgan fingerprint density at radius 2 is 2.23 bits per heavy atom. The van der Waals surface area contributed by atoms with Gasteiger partial charge in [0.25, 0.3) is 0 Å². The zero-order valence-electron chi connectivity index (χ0n) is 7.81. The normalized spacial score (nSPS) is 11.3. The molecule has 0 bridgehead atoms. The van der Waals surface area contributed by atoms with Crippen LogP contribution < -0.4 is 0 Å². The predicted octanol–water partition coefficient (Wildman–Crippen LogP) is 1.32. The molecule has 13 heavy (non-hydrogen) atoms. The van der Waals surface area contributed by atoms with E-state index in [1.165, 1.54) is 0 Å². The molecule has 0 atom stereocenters. The van der Waals surface area contributed by atoms with Gasteiger partial charge < -0.3 is 0 Å². The SMILES string of the molecule is CC(C)Cc1cc2nncn2cn1.